The van der Waals surface area contributed by atoms with Crippen LogP contribution in [0, 0.1) is 0 Å². The lowest BCUT2D eigenvalue weighted by molar-refractivity contribution is 1.16. The fourth-order valence-corrected chi connectivity index (χ4v) is 19.5. The highest BCUT2D eigenvalue weighted by Gasteiger charge is 2.25. The van der Waals surface area contributed by atoms with Crippen molar-refractivity contribution in [1.29, 1.82) is 0 Å². The Kier molecular flexibility index (Phi) is 21.8. The van der Waals surface area contributed by atoms with Gasteiger partial charge < -0.3 is 28.4 Å². The molecule has 0 atom stereocenters. The average Bonchev–Trinajstić information content (AvgIpc) is 1.60. The molecule has 25 rings (SSSR count). The zero-order chi connectivity index (χ0) is 91.6. The highest BCUT2D eigenvalue weighted by atomic mass is 15.2. The van der Waals surface area contributed by atoms with E-state index in [4.69, 9.17) is 19.9 Å². The van der Waals surface area contributed by atoms with Gasteiger partial charge in [-0.05, 0) is 216 Å². The van der Waals surface area contributed by atoms with Gasteiger partial charge in [-0.25, -0.2) is 19.9 Å². The van der Waals surface area contributed by atoms with E-state index in [1.54, 1.807) is 0 Å². The number of hydrogen-bond acceptors (Lipinski definition) is 7. The molecule has 0 fully saturated rings. The summed E-state index contributed by atoms with van der Waals surface area (Å²) in [5.41, 5.74) is 34.4. The first-order valence-electron chi connectivity index (χ1n) is 46.7. The van der Waals surface area contributed by atoms with E-state index in [1.165, 1.54) is 32.6 Å². The van der Waals surface area contributed by atoms with Gasteiger partial charge >= 0.3 is 0 Å². The van der Waals surface area contributed by atoms with Crippen LogP contribution in [0.15, 0.2) is 534 Å². The normalized spacial score (nSPS) is 11.3. The van der Waals surface area contributed by atoms with E-state index in [9.17, 15) is 0 Å². The number of aromatic nitrogens is 7. The van der Waals surface area contributed by atoms with Gasteiger partial charge in [-0.15, -0.1) is 0 Å². The summed E-state index contributed by atoms with van der Waals surface area (Å²) in [6.07, 6.45) is 0. The number of anilines is 9. The molecular weight excluding hydrogens is 1680 g/mol. The number of nitrogens with zero attached hydrogens (tertiary/aromatic N) is 10. The molecule has 20 aromatic carbocycles. The minimum atomic E-state index is 0.707. The fourth-order valence-electron chi connectivity index (χ4n) is 19.5. The number of rotatable bonds is 20. The molecule has 0 bridgehead atoms. The molecule has 5 aromatic heterocycles. The predicted molar refractivity (Wildman–Crippen MR) is 575 cm³/mol. The Labute approximate surface area is 800 Å². The SMILES string of the molecule is c1ccc(-c2cc(-c3ccc(-c4ccc(-n5c6ccc(N(c7ccccc7)c7ccccc7)cc6c6cc(-n7c8ccccc8c8ccccc87)ccc65)cc4)cc3)nc(-c3ccccc3)n2)cc1.c1ccc(-c2cc(-c3ccc(-c4ccc(-n5c6ccc(N(c7ccccc7)c7ccccc7)cc6c6cc(N(c7ccccc7)c7ccccc7)ccc65)cc4)cc3)nc(-c3ccccc3)n2)cc1. The molecule has 0 radical (unpaired) electrons. The van der Waals surface area contributed by atoms with Gasteiger partial charge in [0.05, 0.1) is 55.9 Å². The third kappa shape index (κ3) is 16.0. The Hall–Kier alpha value is -18.6. The Morgan fingerprint density at radius 3 is 0.623 bits per heavy atom. The molecular formula is C128H88N10. The number of fused-ring (bicyclic) bond motifs is 9. The molecule has 0 saturated carbocycles. The summed E-state index contributed by atoms with van der Waals surface area (Å²) in [5.74, 6) is 1.42. The third-order valence-corrected chi connectivity index (χ3v) is 26.1. The van der Waals surface area contributed by atoms with Gasteiger partial charge in [0.25, 0.3) is 0 Å². The second-order valence-electron chi connectivity index (χ2n) is 34.5. The van der Waals surface area contributed by atoms with Crippen LogP contribution in [0.4, 0.5) is 51.2 Å². The van der Waals surface area contributed by atoms with Crippen molar-refractivity contribution in [2.24, 2.45) is 0 Å². The lowest BCUT2D eigenvalue weighted by Gasteiger charge is -2.26. The van der Waals surface area contributed by atoms with E-state index in [0.717, 1.165) is 179 Å². The van der Waals surface area contributed by atoms with Crippen LogP contribution in [0.5, 0.6) is 0 Å². The first kappa shape index (κ1) is 82.5. The second-order valence-corrected chi connectivity index (χ2v) is 34.5. The molecule has 0 aliphatic carbocycles. The number of benzene rings is 20. The Balaban J connectivity index is 0.000000150. The molecule has 5 heterocycles. The molecule has 0 N–H and O–H groups in total. The van der Waals surface area contributed by atoms with Gasteiger partial charge in [0.15, 0.2) is 11.6 Å². The first-order valence-corrected chi connectivity index (χ1v) is 46.7. The van der Waals surface area contributed by atoms with E-state index < -0.39 is 0 Å². The number of hydrogen-bond donors (Lipinski definition) is 0. The van der Waals surface area contributed by atoms with E-state index in [2.05, 4.69) is 489 Å². The zero-order valence-electron chi connectivity index (χ0n) is 75.3. The third-order valence-electron chi connectivity index (χ3n) is 26.1. The van der Waals surface area contributed by atoms with Crippen molar-refractivity contribution >= 4 is 117 Å². The topological polar surface area (TPSA) is 76.1 Å². The number of para-hydroxylation sites is 8. The highest BCUT2D eigenvalue weighted by Crippen LogP contribution is 2.47. The van der Waals surface area contributed by atoms with Crippen LogP contribution in [0.25, 0.3) is 173 Å². The van der Waals surface area contributed by atoms with Gasteiger partial charge in [0.1, 0.15) is 0 Å². The molecule has 25 aromatic rings. The van der Waals surface area contributed by atoms with Crippen LogP contribution in [0.1, 0.15) is 0 Å². The Bertz CT molecular complexity index is 8240. The molecule has 10 heteroatoms. The maximum Gasteiger partial charge on any atom is 0.160 e. The molecule has 650 valence electrons. The first-order chi connectivity index (χ1) is 68.4. The minimum Gasteiger partial charge on any atom is -0.310 e. The largest absolute Gasteiger partial charge is 0.310 e. The second kappa shape index (κ2) is 36.5. The minimum absolute atomic E-state index is 0.707. The lowest BCUT2D eigenvalue weighted by Crippen LogP contribution is -2.09. The maximum atomic E-state index is 5.07. The van der Waals surface area contributed by atoms with Gasteiger partial charge in [-0.1, -0.05) is 340 Å². The summed E-state index contributed by atoms with van der Waals surface area (Å²) in [7, 11) is 0. The van der Waals surface area contributed by atoms with E-state index in [1.807, 2.05) is 72.8 Å². The fraction of sp³-hybridized carbons (Fsp3) is 0. The predicted octanol–water partition coefficient (Wildman–Crippen LogP) is 34.0. The summed E-state index contributed by atoms with van der Waals surface area (Å²) < 4.78 is 7.22. The van der Waals surface area contributed by atoms with Crippen LogP contribution in [-0.4, -0.2) is 33.6 Å². The van der Waals surface area contributed by atoms with Crippen molar-refractivity contribution < 1.29 is 0 Å². The lowest BCUT2D eigenvalue weighted by atomic mass is 10.0. The van der Waals surface area contributed by atoms with Crippen LogP contribution in [0.3, 0.4) is 0 Å². The smallest absolute Gasteiger partial charge is 0.160 e. The zero-order valence-corrected chi connectivity index (χ0v) is 75.3. The molecule has 0 amide bonds. The standard InChI is InChI=1S/C64H43N5.C64H45N5/c1-5-17-46(18-6-1)58-43-59(66-64(65-58)48-19-7-2-8-20-48)47-31-29-44(30-32-47)45-33-35-51(36-34-45)68-62-39-37-52(67(49-21-9-3-10-22-49)50-23-11-4-12-24-50)41-56(62)57-42-53(38-40-63(57)68)69-60-27-15-13-25-54(60)55-26-14-16-28-61(55)69;1-7-19-48(20-8-1)60-45-61(66-64(65-60)50-21-9-2-10-22-50)49-33-31-46(32-34-49)47-35-37-55(38-36-47)69-62-41-39-56(67(51-23-11-3-12-24-51)52-25-13-4-14-26-52)43-58(62)59-44-57(40-42-63(59)69)68(53-27-15-5-16-28-53)54-29-17-6-18-30-54/h1-43H;1-45H. The Morgan fingerprint density at radius 1 is 0.130 bits per heavy atom. The van der Waals surface area contributed by atoms with E-state index >= 15 is 0 Å². The van der Waals surface area contributed by atoms with Crippen LogP contribution >= 0.6 is 0 Å². The molecule has 0 aliphatic rings. The highest BCUT2D eigenvalue weighted by molar-refractivity contribution is 6.15. The quantitative estimate of drug-likeness (QED) is 0.0752. The van der Waals surface area contributed by atoms with Crippen LogP contribution in [-0.2, 0) is 0 Å². The molecule has 0 aliphatic heterocycles. The molecule has 0 spiro atoms. The average molecular weight is 1770 g/mol. The van der Waals surface area contributed by atoms with Gasteiger partial charge in [-0.3, -0.25) is 0 Å². The molecule has 138 heavy (non-hydrogen) atoms. The van der Waals surface area contributed by atoms with Crippen molar-refractivity contribution in [2.75, 3.05) is 14.7 Å². The van der Waals surface area contributed by atoms with Crippen molar-refractivity contribution in [1.82, 2.24) is 33.6 Å². The van der Waals surface area contributed by atoms with Gasteiger partial charge in [0.2, 0.25) is 0 Å². The molecule has 0 saturated heterocycles. The van der Waals surface area contributed by atoms with Crippen molar-refractivity contribution in [3.8, 4) is 107 Å². The van der Waals surface area contributed by atoms with Gasteiger partial charge in [0, 0.05) is 134 Å². The van der Waals surface area contributed by atoms with E-state index in [0.29, 0.717) is 11.6 Å². The van der Waals surface area contributed by atoms with Crippen molar-refractivity contribution in [2.45, 2.75) is 0 Å². The summed E-state index contributed by atoms with van der Waals surface area (Å²) in [6.45, 7) is 0. The van der Waals surface area contributed by atoms with Gasteiger partial charge in [-0.2, -0.15) is 0 Å². The van der Waals surface area contributed by atoms with E-state index in [-0.39, 0.29) is 0 Å². The van der Waals surface area contributed by atoms with Crippen molar-refractivity contribution in [3.05, 3.63) is 534 Å². The summed E-state index contributed by atoms with van der Waals surface area (Å²) >= 11 is 0. The summed E-state index contributed by atoms with van der Waals surface area (Å²) in [6, 6.07) is 189. The van der Waals surface area contributed by atoms with Crippen molar-refractivity contribution in [3.63, 3.8) is 0 Å². The summed E-state index contributed by atoms with van der Waals surface area (Å²) in [4.78, 5) is 27.1. The van der Waals surface area contributed by atoms with Crippen LogP contribution < -0.4 is 14.7 Å². The molecule has 10 nitrogen and oxygen atoms in total. The Morgan fingerprint density at radius 2 is 0.333 bits per heavy atom. The maximum absolute atomic E-state index is 5.07. The van der Waals surface area contributed by atoms with Crippen LogP contribution in [0.2, 0.25) is 0 Å². The molecule has 0 unspecified atom stereocenters. The summed E-state index contributed by atoms with van der Waals surface area (Å²) in [5, 5.41) is 7.18. The monoisotopic (exact) mass is 1760 g/mol.